The van der Waals surface area contributed by atoms with E-state index in [4.69, 9.17) is 4.42 Å². The summed E-state index contributed by atoms with van der Waals surface area (Å²) in [6.45, 7) is 0. The van der Waals surface area contributed by atoms with Gasteiger partial charge in [0, 0.05) is 38.3 Å². The molecule has 3 heterocycles. The highest BCUT2D eigenvalue weighted by atomic mass is 16.3. The summed E-state index contributed by atoms with van der Waals surface area (Å²) in [5.74, 6) is 0. The third-order valence-electron chi connectivity index (χ3n) is 11.0. The second kappa shape index (κ2) is 11.8. The van der Waals surface area contributed by atoms with Crippen molar-refractivity contribution in [3.05, 3.63) is 181 Å². The van der Waals surface area contributed by atoms with Crippen LogP contribution < -0.4 is 0 Å². The first-order valence-electron chi connectivity index (χ1n) is 18.2. The number of nitriles is 2. The third-order valence-corrected chi connectivity index (χ3v) is 11.0. The minimum Gasteiger partial charge on any atom is -0.454 e. The van der Waals surface area contributed by atoms with E-state index >= 15 is 0 Å². The molecule has 5 nitrogen and oxygen atoms in total. The summed E-state index contributed by atoms with van der Waals surface area (Å²) in [7, 11) is 0. The minimum atomic E-state index is 0.510. The number of benzene rings is 8. The van der Waals surface area contributed by atoms with E-state index in [0.29, 0.717) is 16.7 Å². The lowest BCUT2D eigenvalue weighted by molar-refractivity contribution is 0.671. The minimum absolute atomic E-state index is 0.510. The Labute approximate surface area is 315 Å². The van der Waals surface area contributed by atoms with Gasteiger partial charge in [0.2, 0.25) is 0 Å². The van der Waals surface area contributed by atoms with Crippen LogP contribution >= 0.6 is 0 Å². The van der Waals surface area contributed by atoms with Gasteiger partial charge in [-0.3, -0.25) is 0 Å². The van der Waals surface area contributed by atoms with Crippen LogP contribution in [0.2, 0.25) is 0 Å². The number of nitrogens with zero attached hydrogens (tertiary/aromatic N) is 4. The van der Waals surface area contributed by atoms with Crippen LogP contribution in [-0.4, -0.2) is 9.13 Å². The Morgan fingerprint density at radius 3 is 1.71 bits per heavy atom. The van der Waals surface area contributed by atoms with Gasteiger partial charge in [-0.25, -0.2) is 0 Å². The molecule has 0 saturated heterocycles. The molecule has 0 fully saturated rings. The average Bonchev–Trinajstić information content (AvgIpc) is 3.91. The third kappa shape index (κ3) is 4.51. The lowest BCUT2D eigenvalue weighted by atomic mass is 9.93. The summed E-state index contributed by atoms with van der Waals surface area (Å²) >= 11 is 0. The van der Waals surface area contributed by atoms with Crippen LogP contribution in [0.3, 0.4) is 0 Å². The van der Waals surface area contributed by atoms with Gasteiger partial charge >= 0.3 is 0 Å². The van der Waals surface area contributed by atoms with Crippen LogP contribution in [0.25, 0.3) is 99.2 Å². The molecule has 0 aliphatic rings. The van der Waals surface area contributed by atoms with E-state index in [2.05, 4.69) is 149 Å². The van der Waals surface area contributed by atoms with Gasteiger partial charge in [-0.1, -0.05) is 103 Å². The van der Waals surface area contributed by atoms with Crippen molar-refractivity contribution < 1.29 is 4.42 Å². The Morgan fingerprint density at radius 1 is 0.400 bits per heavy atom. The van der Waals surface area contributed by atoms with Gasteiger partial charge in [0.05, 0.1) is 44.6 Å². The summed E-state index contributed by atoms with van der Waals surface area (Å²) in [6.07, 6.45) is 0. The lowest BCUT2D eigenvalue weighted by Gasteiger charge is -2.15. The van der Waals surface area contributed by atoms with Crippen molar-refractivity contribution in [2.45, 2.75) is 0 Å². The molecular formula is C50H28N4O. The quantitative estimate of drug-likeness (QED) is 0.183. The van der Waals surface area contributed by atoms with Crippen molar-refractivity contribution in [1.29, 1.82) is 10.5 Å². The first kappa shape index (κ1) is 30.7. The first-order valence-corrected chi connectivity index (χ1v) is 18.2. The second-order valence-corrected chi connectivity index (χ2v) is 13.9. The van der Waals surface area contributed by atoms with E-state index in [1.54, 1.807) is 6.07 Å². The van der Waals surface area contributed by atoms with Crippen LogP contribution in [0.4, 0.5) is 0 Å². The first-order chi connectivity index (χ1) is 27.2. The molecule has 55 heavy (non-hydrogen) atoms. The molecule has 0 aliphatic carbocycles. The smallest absolute Gasteiger partial charge is 0.153 e. The van der Waals surface area contributed by atoms with Crippen molar-refractivity contribution in [2.75, 3.05) is 0 Å². The Hall–Kier alpha value is -7.86. The van der Waals surface area contributed by atoms with Crippen molar-refractivity contribution >= 4 is 65.6 Å². The fourth-order valence-electron chi connectivity index (χ4n) is 8.63. The maximum absolute atomic E-state index is 10.4. The Balaban J connectivity index is 1.11. The maximum atomic E-state index is 10.4. The van der Waals surface area contributed by atoms with E-state index in [1.807, 2.05) is 36.4 Å². The van der Waals surface area contributed by atoms with Gasteiger partial charge in [0.1, 0.15) is 11.7 Å². The Morgan fingerprint density at radius 2 is 0.982 bits per heavy atom. The van der Waals surface area contributed by atoms with Crippen LogP contribution in [-0.2, 0) is 0 Å². The molecule has 0 spiro atoms. The fourth-order valence-corrected chi connectivity index (χ4v) is 8.63. The standard InChI is InChI=1S/C50H28N4O/c51-29-31-25-34(38-15-2-1-14-37(38)32-11-9-13-35(27-32)53-44-20-6-3-16-39(44)40-17-4-7-21-45(40)53)28-36(26-31)54-46-22-8-5-18-43(46)48-47(54)24-23-42-41-19-10-12-33(30-52)49(41)55-50(42)48/h1-28H. The molecule has 0 radical (unpaired) electrons. The number of hydrogen-bond acceptors (Lipinski definition) is 3. The molecule has 11 aromatic rings. The molecule has 11 rings (SSSR count). The van der Waals surface area contributed by atoms with Crippen LogP contribution in [0, 0.1) is 22.7 Å². The predicted octanol–water partition coefficient (Wildman–Crippen LogP) is 12.9. The highest BCUT2D eigenvalue weighted by molar-refractivity contribution is 6.24. The lowest BCUT2D eigenvalue weighted by Crippen LogP contribution is -1.97. The number of hydrogen-bond donors (Lipinski definition) is 0. The molecule has 3 aromatic heterocycles. The highest BCUT2D eigenvalue weighted by Gasteiger charge is 2.21. The van der Waals surface area contributed by atoms with Crippen molar-refractivity contribution in [1.82, 2.24) is 9.13 Å². The molecule has 0 amide bonds. The Bertz CT molecular complexity index is 3420. The Kier molecular flexibility index (Phi) is 6.61. The van der Waals surface area contributed by atoms with Gasteiger partial charge in [-0.05, 0) is 89.0 Å². The average molecular weight is 701 g/mol. The molecule has 0 bridgehead atoms. The predicted molar refractivity (Wildman–Crippen MR) is 223 cm³/mol. The normalized spacial score (nSPS) is 11.6. The van der Waals surface area contributed by atoms with Crippen LogP contribution in [0.1, 0.15) is 11.1 Å². The zero-order valence-electron chi connectivity index (χ0n) is 29.4. The summed E-state index contributed by atoms with van der Waals surface area (Å²) in [5.41, 5.74) is 12.8. The van der Waals surface area contributed by atoms with Gasteiger partial charge in [-0.15, -0.1) is 0 Å². The summed E-state index contributed by atoms with van der Waals surface area (Å²) in [4.78, 5) is 0. The van der Waals surface area contributed by atoms with Gasteiger partial charge in [0.15, 0.2) is 5.58 Å². The SMILES string of the molecule is N#Cc1cc(-c2ccccc2-c2cccc(-n3c4ccccc4c4ccccc43)c2)cc(-n2c3ccccc3c3c4oc5c(C#N)cccc5c4ccc32)c1. The summed E-state index contributed by atoms with van der Waals surface area (Å²) in [5, 5.41) is 26.6. The monoisotopic (exact) mass is 700 g/mol. The van der Waals surface area contributed by atoms with Crippen LogP contribution in [0.15, 0.2) is 174 Å². The number of furan rings is 1. The molecule has 254 valence electrons. The number of aromatic nitrogens is 2. The summed E-state index contributed by atoms with van der Waals surface area (Å²) < 4.78 is 11.1. The van der Waals surface area contributed by atoms with Gasteiger partial charge in [-0.2, -0.15) is 10.5 Å². The number of para-hydroxylation sites is 4. The van der Waals surface area contributed by atoms with E-state index in [0.717, 1.165) is 82.8 Å². The number of rotatable bonds is 4. The van der Waals surface area contributed by atoms with E-state index < -0.39 is 0 Å². The molecular weight excluding hydrogens is 673 g/mol. The van der Waals surface area contributed by atoms with E-state index in [1.165, 1.54) is 10.8 Å². The van der Waals surface area contributed by atoms with Crippen molar-refractivity contribution in [3.63, 3.8) is 0 Å². The number of fused-ring (bicyclic) bond motifs is 10. The molecule has 0 saturated carbocycles. The topological polar surface area (TPSA) is 70.6 Å². The van der Waals surface area contributed by atoms with Crippen molar-refractivity contribution in [3.8, 4) is 45.8 Å². The van der Waals surface area contributed by atoms with Crippen molar-refractivity contribution in [2.24, 2.45) is 0 Å². The molecule has 5 heteroatoms. The molecule has 0 aliphatic heterocycles. The second-order valence-electron chi connectivity index (χ2n) is 13.9. The van der Waals surface area contributed by atoms with E-state index in [9.17, 15) is 10.5 Å². The zero-order valence-corrected chi connectivity index (χ0v) is 29.4. The largest absolute Gasteiger partial charge is 0.454 e. The maximum Gasteiger partial charge on any atom is 0.153 e. The zero-order chi connectivity index (χ0) is 36.6. The van der Waals surface area contributed by atoms with Crippen LogP contribution in [0.5, 0.6) is 0 Å². The van der Waals surface area contributed by atoms with Gasteiger partial charge in [0.25, 0.3) is 0 Å². The highest BCUT2D eigenvalue weighted by Crippen LogP contribution is 2.43. The van der Waals surface area contributed by atoms with Gasteiger partial charge < -0.3 is 13.6 Å². The molecule has 0 unspecified atom stereocenters. The summed E-state index contributed by atoms with van der Waals surface area (Å²) in [6, 6.07) is 63.3. The molecule has 0 N–H and O–H groups in total. The molecule has 8 aromatic carbocycles. The fraction of sp³-hybridized carbons (Fsp3) is 0. The molecule has 0 atom stereocenters. The van der Waals surface area contributed by atoms with E-state index in [-0.39, 0.29) is 0 Å².